The highest BCUT2D eigenvalue weighted by atomic mass is 16.6. The first kappa shape index (κ1) is 24.3. The zero-order valence-corrected chi connectivity index (χ0v) is 19.6. The number of nitrogens with one attached hydrogen (secondary N) is 1. The van der Waals surface area contributed by atoms with Gasteiger partial charge >= 0.3 is 12.1 Å². The van der Waals surface area contributed by atoms with E-state index in [1.54, 1.807) is 0 Å². The summed E-state index contributed by atoms with van der Waals surface area (Å²) in [6.45, 7) is 14.2. The Morgan fingerprint density at radius 2 is 1.90 bits per heavy atom. The van der Waals surface area contributed by atoms with E-state index in [-0.39, 0.29) is 23.9 Å². The number of esters is 1. The van der Waals surface area contributed by atoms with Gasteiger partial charge in [-0.25, -0.2) is 4.79 Å². The fraction of sp³-hybridized carbons (Fsp3) is 0.864. The lowest BCUT2D eigenvalue weighted by atomic mass is 9.95. The van der Waals surface area contributed by atoms with Crippen LogP contribution in [-0.2, 0) is 14.3 Å². The highest BCUT2D eigenvalue weighted by Gasteiger charge is 2.37. The van der Waals surface area contributed by atoms with Crippen molar-refractivity contribution in [3.8, 4) is 0 Å². The van der Waals surface area contributed by atoms with E-state index in [0.717, 1.165) is 51.4 Å². The molecule has 8 heteroatoms. The van der Waals surface area contributed by atoms with Crippen molar-refractivity contribution in [1.82, 2.24) is 15.1 Å². The molecule has 0 aromatic rings. The van der Waals surface area contributed by atoms with Crippen LogP contribution in [0.3, 0.4) is 0 Å². The van der Waals surface area contributed by atoms with E-state index in [4.69, 9.17) is 14.5 Å². The third-order valence-electron chi connectivity index (χ3n) is 5.72. The number of likely N-dealkylation sites (tertiary alicyclic amines) is 2. The number of piperidine rings is 1. The molecule has 3 atom stereocenters. The van der Waals surface area contributed by atoms with Crippen LogP contribution in [0.4, 0.5) is 4.79 Å². The van der Waals surface area contributed by atoms with Crippen LogP contribution in [0.25, 0.3) is 0 Å². The fourth-order valence-electron chi connectivity index (χ4n) is 4.17. The Labute approximate surface area is 181 Å². The minimum absolute atomic E-state index is 0.111. The molecule has 2 aliphatic heterocycles. The number of amides is 1. The Balaban J connectivity index is 1.89. The highest BCUT2D eigenvalue weighted by Crippen LogP contribution is 2.25. The largest absolute Gasteiger partial charge is 0.469 e. The third kappa shape index (κ3) is 7.06. The first-order valence-corrected chi connectivity index (χ1v) is 11.2. The Morgan fingerprint density at radius 1 is 1.17 bits per heavy atom. The average molecular weight is 425 g/mol. The second-order valence-corrected chi connectivity index (χ2v) is 9.47. The summed E-state index contributed by atoms with van der Waals surface area (Å²) in [6, 6.07) is 0. The zero-order valence-electron chi connectivity index (χ0n) is 19.6. The van der Waals surface area contributed by atoms with Crippen molar-refractivity contribution in [3.63, 3.8) is 0 Å². The van der Waals surface area contributed by atoms with E-state index in [2.05, 4.69) is 17.1 Å². The Morgan fingerprint density at radius 3 is 2.53 bits per heavy atom. The van der Waals surface area contributed by atoms with Crippen LogP contribution >= 0.6 is 0 Å². The molecule has 0 aliphatic carbocycles. The summed E-state index contributed by atoms with van der Waals surface area (Å²) in [5.74, 6) is 1.26. The van der Waals surface area contributed by atoms with Crippen LogP contribution in [-0.4, -0.2) is 79.8 Å². The SMILES string of the molecule is CCNC(=NCCC1CCCN(C(=O)OC(C)(C)C)C1)N1CC(C)C(C(=O)OC)C1. The molecule has 3 unspecified atom stereocenters. The number of hydrogen-bond donors (Lipinski definition) is 1. The third-order valence-corrected chi connectivity index (χ3v) is 5.72. The normalized spacial score (nSPS) is 25.3. The predicted octanol–water partition coefficient (Wildman–Crippen LogP) is 2.73. The molecule has 2 saturated heterocycles. The van der Waals surface area contributed by atoms with Gasteiger partial charge in [0.2, 0.25) is 0 Å². The van der Waals surface area contributed by atoms with Crippen LogP contribution in [0, 0.1) is 17.8 Å². The monoisotopic (exact) mass is 424 g/mol. The van der Waals surface area contributed by atoms with Crippen molar-refractivity contribution >= 4 is 18.0 Å². The topological polar surface area (TPSA) is 83.5 Å². The molecule has 0 radical (unpaired) electrons. The van der Waals surface area contributed by atoms with Gasteiger partial charge in [0.25, 0.3) is 0 Å². The zero-order chi connectivity index (χ0) is 22.3. The molecule has 0 aromatic heterocycles. The number of rotatable bonds is 5. The van der Waals surface area contributed by atoms with Gasteiger partial charge in [-0.3, -0.25) is 9.79 Å². The molecule has 2 heterocycles. The molecule has 30 heavy (non-hydrogen) atoms. The van der Waals surface area contributed by atoms with Crippen LogP contribution in [0.2, 0.25) is 0 Å². The smallest absolute Gasteiger partial charge is 0.410 e. The molecule has 8 nitrogen and oxygen atoms in total. The number of hydrogen-bond acceptors (Lipinski definition) is 5. The van der Waals surface area contributed by atoms with Gasteiger partial charge in [0.15, 0.2) is 5.96 Å². The molecule has 2 fully saturated rings. The van der Waals surface area contributed by atoms with Crippen molar-refractivity contribution in [1.29, 1.82) is 0 Å². The first-order chi connectivity index (χ1) is 14.1. The second-order valence-electron chi connectivity index (χ2n) is 9.47. The highest BCUT2D eigenvalue weighted by molar-refractivity contribution is 5.82. The molecule has 172 valence electrons. The van der Waals surface area contributed by atoms with Crippen molar-refractivity contribution in [3.05, 3.63) is 0 Å². The second kappa shape index (κ2) is 10.9. The van der Waals surface area contributed by atoms with Crippen molar-refractivity contribution in [2.45, 2.75) is 59.5 Å². The Bertz CT molecular complexity index is 617. The van der Waals surface area contributed by atoms with Crippen molar-refractivity contribution in [2.75, 3.05) is 46.4 Å². The number of carbonyl (C=O) groups excluding carboxylic acids is 2. The van der Waals surface area contributed by atoms with Gasteiger partial charge in [-0.15, -0.1) is 0 Å². The number of carbonyl (C=O) groups is 2. The van der Waals surface area contributed by atoms with Crippen molar-refractivity contribution < 1.29 is 19.1 Å². The van der Waals surface area contributed by atoms with Gasteiger partial charge in [0.05, 0.1) is 13.0 Å². The maximum absolute atomic E-state index is 12.4. The molecule has 2 rings (SSSR count). The van der Waals surface area contributed by atoms with Gasteiger partial charge in [0.1, 0.15) is 5.60 Å². The van der Waals surface area contributed by atoms with Crippen LogP contribution in [0.1, 0.15) is 53.9 Å². The molecular weight excluding hydrogens is 384 g/mol. The summed E-state index contributed by atoms with van der Waals surface area (Å²) in [7, 11) is 1.45. The number of methoxy groups -OCH3 is 1. The quantitative estimate of drug-likeness (QED) is 0.415. The summed E-state index contributed by atoms with van der Waals surface area (Å²) in [5, 5.41) is 3.35. The number of nitrogens with zero attached hydrogens (tertiary/aromatic N) is 3. The lowest BCUT2D eigenvalue weighted by Crippen LogP contribution is -2.43. The lowest BCUT2D eigenvalue weighted by molar-refractivity contribution is -0.145. The standard InChI is InChI=1S/C22H40N4O4/c1-7-23-20(26-13-16(2)18(15-26)19(27)29-6)24-11-10-17-9-8-12-25(14-17)21(28)30-22(3,4)5/h16-18H,7-15H2,1-6H3,(H,23,24). The lowest BCUT2D eigenvalue weighted by Gasteiger charge is -2.34. The molecule has 1 amide bonds. The van der Waals surface area contributed by atoms with Gasteiger partial charge in [-0.1, -0.05) is 6.92 Å². The summed E-state index contributed by atoms with van der Waals surface area (Å²) in [5.41, 5.74) is -0.468. The molecule has 0 saturated carbocycles. The maximum atomic E-state index is 12.4. The Hall–Kier alpha value is -1.99. The summed E-state index contributed by atoms with van der Waals surface area (Å²) in [6.07, 6.45) is 2.82. The Kier molecular flexibility index (Phi) is 8.79. The van der Waals surface area contributed by atoms with Gasteiger partial charge < -0.3 is 24.6 Å². The van der Waals surface area contributed by atoms with E-state index < -0.39 is 5.60 Å². The van der Waals surface area contributed by atoms with E-state index in [1.807, 2.05) is 32.6 Å². The summed E-state index contributed by atoms with van der Waals surface area (Å²) in [4.78, 5) is 33.2. The summed E-state index contributed by atoms with van der Waals surface area (Å²) < 4.78 is 10.5. The number of guanidine groups is 1. The first-order valence-electron chi connectivity index (χ1n) is 11.2. The van der Waals surface area contributed by atoms with Gasteiger partial charge in [-0.05, 0) is 58.8 Å². The van der Waals surface area contributed by atoms with Gasteiger partial charge in [-0.2, -0.15) is 0 Å². The molecule has 0 spiro atoms. The minimum atomic E-state index is -0.468. The van der Waals surface area contributed by atoms with E-state index in [1.165, 1.54) is 7.11 Å². The van der Waals surface area contributed by atoms with E-state index in [9.17, 15) is 9.59 Å². The van der Waals surface area contributed by atoms with E-state index >= 15 is 0 Å². The summed E-state index contributed by atoms with van der Waals surface area (Å²) >= 11 is 0. The predicted molar refractivity (Wildman–Crippen MR) is 117 cm³/mol. The average Bonchev–Trinajstić information content (AvgIpc) is 3.07. The molecular formula is C22H40N4O4. The fourth-order valence-corrected chi connectivity index (χ4v) is 4.17. The minimum Gasteiger partial charge on any atom is -0.469 e. The molecule has 0 bridgehead atoms. The molecule has 1 N–H and O–H groups in total. The van der Waals surface area contributed by atoms with Gasteiger partial charge in [0, 0.05) is 39.3 Å². The molecule has 0 aromatic carbocycles. The number of ether oxygens (including phenoxy) is 2. The van der Waals surface area contributed by atoms with Crippen LogP contribution in [0.5, 0.6) is 0 Å². The molecule has 2 aliphatic rings. The maximum Gasteiger partial charge on any atom is 0.410 e. The van der Waals surface area contributed by atoms with E-state index in [0.29, 0.717) is 19.0 Å². The van der Waals surface area contributed by atoms with Crippen LogP contribution in [0.15, 0.2) is 4.99 Å². The number of aliphatic imine (C=N–C) groups is 1. The van der Waals surface area contributed by atoms with Crippen LogP contribution < -0.4 is 5.32 Å². The van der Waals surface area contributed by atoms with Crippen molar-refractivity contribution in [2.24, 2.45) is 22.7 Å².